The Morgan fingerprint density at radius 1 is 1.44 bits per heavy atom. The number of sulfonamides is 1. The van der Waals surface area contributed by atoms with Crippen LogP contribution in [0.25, 0.3) is 0 Å². The maximum Gasteiger partial charge on any atom is 0.242 e. The van der Waals surface area contributed by atoms with Crippen molar-refractivity contribution in [3.63, 3.8) is 0 Å². The van der Waals surface area contributed by atoms with E-state index in [-0.39, 0.29) is 13.1 Å². The van der Waals surface area contributed by atoms with Gasteiger partial charge in [-0.15, -0.1) is 22.7 Å². The molecule has 0 saturated carbocycles. The van der Waals surface area contributed by atoms with Gasteiger partial charge in [-0.25, -0.2) is 13.1 Å². The molecule has 2 heterocycles. The van der Waals surface area contributed by atoms with E-state index in [1.807, 2.05) is 5.38 Å². The van der Waals surface area contributed by atoms with Crippen LogP contribution in [0.15, 0.2) is 22.0 Å². The summed E-state index contributed by atoms with van der Waals surface area (Å²) in [4.78, 5) is 5.78. The molecule has 8 heteroatoms. The van der Waals surface area contributed by atoms with Gasteiger partial charge in [0.05, 0.1) is 5.51 Å². The summed E-state index contributed by atoms with van der Waals surface area (Å²) in [5, 5.41) is 1.81. The van der Waals surface area contributed by atoms with E-state index in [4.69, 9.17) is 5.73 Å². The number of aryl methyl sites for hydroxylation is 1. The first kappa shape index (κ1) is 13.6. The Morgan fingerprint density at radius 2 is 2.22 bits per heavy atom. The van der Waals surface area contributed by atoms with Gasteiger partial charge in [-0.05, 0) is 17.9 Å². The van der Waals surface area contributed by atoms with E-state index in [2.05, 4.69) is 9.71 Å². The lowest BCUT2D eigenvalue weighted by molar-refractivity contribution is 0.580. The molecule has 0 saturated heterocycles. The molecule has 0 atom stereocenters. The van der Waals surface area contributed by atoms with Gasteiger partial charge in [-0.2, -0.15) is 0 Å². The fourth-order valence-corrected chi connectivity index (χ4v) is 4.89. The van der Waals surface area contributed by atoms with Gasteiger partial charge in [0.25, 0.3) is 0 Å². The van der Waals surface area contributed by atoms with Gasteiger partial charge in [0.15, 0.2) is 0 Å². The second-order valence-corrected chi connectivity index (χ2v) is 7.31. The van der Waals surface area contributed by atoms with Crippen molar-refractivity contribution in [2.24, 2.45) is 5.73 Å². The van der Waals surface area contributed by atoms with E-state index in [9.17, 15) is 8.42 Å². The van der Waals surface area contributed by atoms with Gasteiger partial charge < -0.3 is 5.73 Å². The predicted molar refractivity (Wildman–Crippen MR) is 73.1 cm³/mol. The molecule has 0 unspecified atom stereocenters. The van der Waals surface area contributed by atoms with Gasteiger partial charge in [-0.3, -0.25) is 4.98 Å². The molecule has 2 aromatic heterocycles. The average molecular weight is 303 g/mol. The monoisotopic (exact) mass is 303 g/mol. The Labute approximate surface area is 114 Å². The van der Waals surface area contributed by atoms with Crippen LogP contribution in [0, 0.1) is 6.92 Å². The topological polar surface area (TPSA) is 85.1 Å². The molecule has 18 heavy (non-hydrogen) atoms. The number of thiazole rings is 1. The average Bonchev–Trinajstić information content (AvgIpc) is 2.95. The Kier molecular flexibility index (Phi) is 4.13. The molecule has 0 spiro atoms. The molecule has 0 aromatic carbocycles. The number of thiophene rings is 1. The molecular weight excluding hydrogens is 290 g/mol. The molecule has 0 fully saturated rings. The lowest BCUT2D eigenvalue weighted by atomic mass is 10.3. The molecule has 0 amide bonds. The van der Waals surface area contributed by atoms with Crippen LogP contribution < -0.4 is 10.5 Å². The van der Waals surface area contributed by atoms with E-state index in [0.717, 1.165) is 10.4 Å². The zero-order valence-electron chi connectivity index (χ0n) is 9.71. The smallest absolute Gasteiger partial charge is 0.242 e. The van der Waals surface area contributed by atoms with Gasteiger partial charge in [0.2, 0.25) is 10.0 Å². The van der Waals surface area contributed by atoms with Crippen molar-refractivity contribution in [1.29, 1.82) is 0 Å². The van der Waals surface area contributed by atoms with E-state index in [1.165, 1.54) is 22.7 Å². The van der Waals surface area contributed by atoms with Crippen LogP contribution >= 0.6 is 22.7 Å². The Morgan fingerprint density at radius 3 is 2.83 bits per heavy atom. The Bertz CT molecular complexity index is 617. The molecule has 3 N–H and O–H groups in total. The molecule has 0 aliphatic carbocycles. The first-order valence-electron chi connectivity index (χ1n) is 5.18. The summed E-state index contributed by atoms with van der Waals surface area (Å²) in [6.07, 6.45) is 1.65. The maximum absolute atomic E-state index is 12.2. The highest BCUT2D eigenvalue weighted by molar-refractivity contribution is 7.89. The van der Waals surface area contributed by atoms with Crippen LogP contribution in [0.5, 0.6) is 0 Å². The van der Waals surface area contributed by atoms with Crippen molar-refractivity contribution in [1.82, 2.24) is 9.71 Å². The van der Waals surface area contributed by atoms with E-state index >= 15 is 0 Å². The van der Waals surface area contributed by atoms with E-state index in [0.29, 0.717) is 9.77 Å². The molecule has 2 rings (SSSR count). The highest BCUT2D eigenvalue weighted by Crippen LogP contribution is 2.26. The highest BCUT2D eigenvalue weighted by atomic mass is 32.2. The summed E-state index contributed by atoms with van der Waals surface area (Å²) in [6, 6.07) is 0. The number of hydrogen-bond acceptors (Lipinski definition) is 6. The molecule has 0 bridgehead atoms. The van der Waals surface area contributed by atoms with E-state index < -0.39 is 10.0 Å². The van der Waals surface area contributed by atoms with Gasteiger partial charge in [-0.1, -0.05) is 0 Å². The van der Waals surface area contributed by atoms with Crippen molar-refractivity contribution in [3.8, 4) is 0 Å². The molecular formula is C10H13N3O2S3. The van der Waals surface area contributed by atoms with Gasteiger partial charge in [0, 0.05) is 29.0 Å². The molecule has 2 aromatic rings. The summed E-state index contributed by atoms with van der Waals surface area (Å²) in [6.45, 7) is 2.26. The summed E-state index contributed by atoms with van der Waals surface area (Å²) in [5.74, 6) is 0. The maximum atomic E-state index is 12.2. The summed E-state index contributed by atoms with van der Waals surface area (Å²) in [7, 11) is -3.51. The number of aromatic nitrogens is 1. The summed E-state index contributed by atoms with van der Waals surface area (Å²) < 4.78 is 27.0. The van der Waals surface area contributed by atoms with Crippen molar-refractivity contribution in [3.05, 3.63) is 32.4 Å². The normalized spacial score (nSPS) is 11.9. The minimum atomic E-state index is -3.51. The second-order valence-electron chi connectivity index (χ2n) is 3.67. The standard InChI is InChI=1S/C10H13N3O2S3/c1-7-5-16-9(2-11)10(7)18(14,15)13-4-8-3-12-6-17-8/h3,5-6,13H,2,4,11H2,1H3. The molecule has 0 radical (unpaired) electrons. The third kappa shape index (κ3) is 2.78. The van der Waals surface area contributed by atoms with Crippen molar-refractivity contribution in [2.75, 3.05) is 0 Å². The zero-order chi connectivity index (χ0) is 13.2. The molecule has 98 valence electrons. The van der Waals surface area contributed by atoms with Crippen molar-refractivity contribution >= 4 is 32.7 Å². The first-order chi connectivity index (χ1) is 8.54. The van der Waals surface area contributed by atoms with Crippen LogP contribution in [-0.4, -0.2) is 13.4 Å². The van der Waals surface area contributed by atoms with Gasteiger partial charge >= 0.3 is 0 Å². The lowest BCUT2D eigenvalue weighted by Crippen LogP contribution is -2.24. The summed E-state index contributed by atoms with van der Waals surface area (Å²) in [5.41, 5.74) is 7.97. The fourth-order valence-electron chi connectivity index (χ4n) is 1.56. The SMILES string of the molecule is Cc1csc(CN)c1S(=O)(=O)NCc1cncs1. The quantitative estimate of drug-likeness (QED) is 0.875. The number of nitrogens with zero attached hydrogens (tertiary/aromatic N) is 1. The van der Waals surface area contributed by atoms with Crippen LogP contribution in [0.2, 0.25) is 0 Å². The molecule has 5 nitrogen and oxygen atoms in total. The number of hydrogen-bond donors (Lipinski definition) is 2. The second kappa shape index (κ2) is 5.45. The largest absolute Gasteiger partial charge is 0.326 e. The van der Waals surface area contributed by atoms with Crippen LogP contribution in [0.3, 0.4) is 0 Å². The van der Waals surface area contributed by atoms with Crippen LogP contribution in [-0.2, 0) is 23.1 Å². The zero-order valence-corrected chi connectivity index (χ0v) is 12.2. The van der Waals surface area contributed by atoms with Crippen molar-refractivity contribution < 1.29 is 8.42 Å². The molecule has 0 aliphatic rings. The third-order valence-corrected chi connectivity index (χ3v) is 6.03. The lowest BCUT2D eigenvalue weighted by Gasteiger charge is -2.07. The van der Waals surface area contributed by atoms with E-state index in [1.54, 1.807) is 18.6 Å². The first-order valence-corrected chi connectivity index (χ1v) is 8.43. The van der Waals surface area contributed by atoms with Crippen LogP contribution in [0.1, 0.15) is 15.3 Å². The van der Waals surface area contributed by atoms with Crippen molar-refractivity contribution in [2.45, 2.75) is 24.9 Å². The highest BCUT2D eigenvalue weighted by Gasteiger charge is 2.22. The minimum absolute atomic E-state index is 0.231. The number of nitrogens with two attached hydrogens (primary N) is 1. The van der Waals surface area contributed by atoms with Crippen LogP contribution in [0.4, 0.5) is 0 Å². The number of nitrogens with one attached hydrogen (secondary N) is 1. The fraction of sp³-hybridized carbons (Fsp3) is 0.300. The minimum Gasteiger partial charge on any atom is -0.326 e. The Balaban J connectivity index is 2.22. The number of rotatable bonds is 5. The summed E-state index contributed by atoms with van der Waals surface area (Å²) >= 11 is 2.79. The predicted octanol–water partition coefficient (Wildman–Crippen LogP) is 1.45. The third-order valence-electron chi connectivity index (χ3n) is 2.36. The van der Waals surface area contributed by atoms with Gasteiger partial charge in [0.1, 0.15) is 4.90 Å². The Hall–Kier alpha value is -0.800. The molecule has 0 aliphatic heterocycles.